The van der Waals surface area contributed by atoms with Gasteiger partial charge in [-0.2, -0.15) is 0 Å². The van der Waals surface area contributed by atoms with Crippen LogP contribution in [0.15, 0.2) is 46.9 Å². The summed E-state index contributed by atoms with van der Waals surface area (Å²) in [5.74, 6) is -0.775. The molecule has 0 aliphatic carbocycles. The van der Waals surface area contributed by atoms with Crippen molar-refractivity contribution < 1.29 is 24.2 Å². The number of halogens is 1. The minimum absolute atomic E-state index is 0.00579. The Balaban J connectivity index is 2.16. The number of rotatable bonds is 6. The SMILES string of the molecule is CC(C)COc1ccc(C(=O)Oc2ccccc2C(=O)O)cc1Br. The van der Waals surface area contributed by atoms with E-state index in [0.717, 1.165) is 0 Å². The second-order valence-electron chi connectivity index (χ2n) is 5.54. The summed E-state index contributed by atoms with van der Waals surface area (Å²) in [6.07, 6.45) is 0. The smallest absolute Gasteiger partial charge is 0.343 e. The molecule has 0 radical (unpaired) electrons. The Kier molecular flexibility index (Phi) is 5.98. The van der Waals surface area contributed by atoms with Crippen molar-refractivity contribution in [2.45, 2.75) is 13.8 Å². The molecule has 0 saturated heterocycles. The highest BCUT2D eigenvalue weighted by Crippen LogP contribution is 2.27. The van der Waals surface area contributed by atoms with E-state index in [4.69, 9.17) is 14.6 Å². The van der Waals surface area contributed by atoms with Crippen molar-refractivity contribution in [3.63, 3.8) is 0 Å². The van der Waals surface area contributed by atoms with Gasteiger partial charge in [-0.1, -0.05) is 26.0 Å². The van der Waals surface area contributed by atoms with Crippen molar-refractivity contribution in [3.8, 4) is 11.5 Å². The number of esters is 1. The van der Waals surface area contributed by atoms with Gasteiger partial charge in [-0.15, -0.1) is 0 Å². The molecule has 5 nitrogen and oxygen atoms in total. The van der Waals surface area contributed by atoms with Crippen LogP contribution in [0.5, 0.6) is 11.5 Å². The van der Waals surface area contributed by atoms with Gasteiger partial charge in [-0.25, -0.2) is 9.59 Å². The monoisotopic (exact) mass is 392 g/mol. The van der Waals surface area contributed by atoms with Crippen molar-refractivity contribution in [1.29, 1.82) is 0 Å². The number of benzene rings is 2. The van der Waals surface area contributed by atoms with Crippen LogP contribution >= 0.6 is 15.9 Å². The standard InChI is InChI=1S/C18H17BrO5/c1-11(2)10-23-16-8-7-12(9-14(16)19)18(22)24-15-6-4-3-5-13(15)17(20)21/h3-9,11H,10H2,1-2H3,(H,20,21). The number of carbonyl (C=O) groups excluding carboxylic acids is 1. The van der Waals surface area contributed by atoms with Crippen molar-refractivity contribution >= 4 is 27.9 Å². The van der Waals surface area contributed by atoms with Gasteiger partial charge in [-0.3, -0.25) is 0 Å². The highest BCUT2D eigenvalue weighted by atomic mass is 79.9. The van der Waals surface area contributed by atoms with E-state index in [1.807, 2.05) is 13.8 Å². The first kappa shape index (κ1) is 18.0. The molecule has 0 amide bonds. The van der Waals surface area contributed by atoms with E-state index in [1.54, 1.807) is 30.3 Å². The fourth-order valence-corrected chi connectivity index (χ4v) is 2.39. The van der Waals surface area contributed by atoms with Gasteiger partial charge in [0.25, 0.3) is 0 Å². The lowest BCUT2D eigenvalue weighted by Gasteiger charge is -2.12. The maximum Gasteiger partial charge on any atom is 0.343 e. The molecule has 24 heavy (non-hydrogen) atoms. The van der Waals surface area contributed by atoms with Gasteiger partial charge < -0.3 is 14.6 Å². The van der Waals surface area contributed by atoms with Gasteiger partial charge in [0, 0.05) is 0 Å². The first-order valence-corrected chi connectivity index (χ1v) is 8.14. The Labute approximate surface area is 148 Å². The molecule has 0 unspecified atom stereocenters. The number of carboxylic acid groups (broad SMARTS) is 1. The average Bonchev–Trinajstić information content (AvgIpc) is 2.53. The molecule has 1 N–H and O–H groups in total. The summed E-state index contributed by atoms with van der Waals surface area (Å²) in [5.41, 5.74) is 0.223. The van der Waals surface area contributed by atoms with Crippen LogP contribution < -0.4 is 9.47 Å². The fraction of sp³-hybridized carbons (Fsp3) is 0.222. The van der Waals surface area contributed by atoms with Crippen LogP contribution in [0.3, 0.4) is 0 Å². The van der Waals surface area contributed by atoms with Crippen LogP contribution in [0, 0.1) is 5.92 Å². The molecule has 126 valence electrons. The summed E-state index contributed by atoms with van der Waals surface area (Å²) in [7, 11) is 0. The van der Waals surface area contributed by atoms with Gasteiger partial charge in [0.2, 0.25) is 0 Å². The Morgan fingerprint density at radius 3 is 2.46 bits per heavy atom. The van der Waals surface area contributed by atoms with E-state index in [9.17, 15) is 9.59 Å². The van der Waals surface area contributed by atoms with E-state index in [-0.39, 0.29) is 11.3 Å². The second kappa shape index (κ2) is 7.97. The molecule has 0 saturated carbocycles. The number of hydrogen-bond donors (Lipinski definition) is 1. The molecule has 0 fully saturated rings. The van der Waals surface area contributed by atoms with E-state index in [0.29, 0.717) is 28.3 Å². The van der Waals surface area contributed by atoms with Crippen LogP contribution in [0.25, 0.3) is 0 Å². The highest BCUT2D eigenvalue weighted by Gasteiger charge is 2.16. The average molecular weight is 393 g/mol. The quantitative estimate of drug-likeness (QED) is 0.582. The molecule has 0 aliphatic rings. The Morgan fingerprint density at radius 1 is 1.12 bits per heavy atom. The van der Waals surface area contributed by atoms with Gasteiger partial charge in [0.15, 0.2) is 0 Å². The van der Waals surface area contributed by atoms with E-state index < -0.39 is 11.9 Å². The molecule has 0 spiro atoms. The second-order valence-corrected chi connectivity index (χ2v) is 6.40. The van der Waals surface area contributed by atoms with E-state index >= 15 is 0 Å². The first-order valence-electron chi connectivity index (χ1n) is 7.35. The minimum Gasteiger partial charge on any atom is -0.492 e. The predicted molar refractivity (Wildman–Crippen MR) is 92.8 cm³/mol. The summed E-state index contributed by atoms with van der Waals surface area (Å²) in [6, 6.07) is 10.8. The van der Waals surface area contributed by atoms with Crippen molar-refractivity contribution in [1.82, 2.24) is 0 Å². The van der Waals surface area contributed by atoms with E-state index in [2.05, 4.69) is 15.9 Å². The normalized spacial score (nSPS) is 10.5. The molecular weight excluding hydrogens is 376 g/mol. The van der Waals surface area contributed by atoms with Gasteiger partial charge in [-0.05, 0) is 52.2 Å². The number of hydrogen-bond acceptors (Lipinski definition) is 4. The zero-order valence-corrected chi connectivity index (χ0v) is 14.9. The summed E-state index contributed by atoms with van der Waals surface area (Å²) in [6.45, 7) is 4.65. The Bertz CT molecular complexity index is 755. The largest absolute Gasteiger partial charge is 0.492 e. The topological polar surface area (TPSA) is 72.8 Å². The van der Waals surface area contributed by atoms with Crippen molar-refractivity contribution in [3.05, 3.63) is 58.1 Å². The van der Waals surface area contributed by atoms with E-state index in [1.165, 1.54) is 12.1 Å². The number of ether oxygens (including phenoxy) is 2. The highest BCUT2D eigenvalue weighted by molar-refractivity contribution is 9.10. The molecule has 0 atom stereocenters. The maximum absolute atomic E-state index is 12.2. The Hall–Kier alpha value is -2.34. The number of carboxylic acids is 1. The van der Waals surface area contributed by atoms with Crippen LogP contribution in [0.1, 0.15) is 34.6 Å². The molecular formula is C18H17BrO5. The third-order valence-electron chi connectivity index (χ3n) is 3.06. The molecule has 2 aromatic carbocycles. The molecule has 0 bridgehead atoms. The maximum atomic E-state index is 12.2. The fourth-order valence-electron chi connectivity index (χ4n) is 1.89. The van der Waals surface area contributed by atoms with Gasteiger partial charge in [0.05, 0.1) is 16.6 Å². The van der Waals surface area contributed by atoms with Crippen molar-refractivity contribution in [2.24, 2.45) is 5.92 Å². The third-order valence-corrected chi connectivity index (χ3v) is 3.68. The summed E-state index contributed by atoms with van der Waals surface area (Å²) in [4.78, 5) is 23.4. The zero-order chi connectivity index (χ0) is 17.7. The third kappa shape index (κ3) is 4.58. The number of para-hydroxylation sites is 1. The van der Waals surface area contributed by atoms with Gasteiger partial charge >= 0.3 is 11.9 Å². The molecule has 0 aromatic heterocycles. The zero-order valence-electron chi connectivity index (χ0n) is 13.3. The minimum atomic E-state index is -1.16. The van der Waals surface area contributed by atoms with Gasteiger partial charge in [0.1, 0.15) is 17.1 Å². The molecule has 0 heterocycles. The molecule has 2 rings (SSSR count). The van der Waals surface area contributed by atoms with Crippen LogP contribution in [0.4, 0.5) is 0 Å². The van der Waals surface area contributed by atoms with Crippen molar-refractivity contribution in [2.75, 3.05) is 6.61 Å². The summed E-state index contributed by atoms with van der Waals surface area (Å²) >= 11 is 3.36. The molecule has 2 aromatic rings. The van der Waals surface area contributed by atoms with Crippen LogP contribution in [-0.4, -0.2) is 23.7 Å². The molecule has 0 aliphatic heterocycles. The summed E-state index contributed by atoms with van der Waals surface area (Å²) in [5, 5.41) is 9.12. The Morgan fingerprint density at radius 2 is 1.83 bits per heavy atom. The lowest BCUT2D eigenvalue weighted by atomic mass is 10.2. The molecule has 6 heteroatoms. The van der Waals surface area contributed by atoms with Crippen LogP contribution in [-0.2, 0) is 0 Å². The first-order chi connectivity index (χ1) is 11.4. The summed E-state index contributed by atoms with van der Waals surface area (Å²) < 4.78 is 11.5. The lowest BCUT2D eigenvalue weighted by Crippen LogP contribution is -2.12. The number of aromatic carboxylic acids is 1. The number of carbonyl (C=O) groups is 2. The van der Waals surface area contributed by atoms with Crippen LogP contribution in [0.2, 0.25) is 0 Å². The lowest BCUT2D eigenvalue weighted by molar-refractivity contribution is 0.0681. The predicted octanol–water partition coefficient (Wildman–Crippen LogP) is 4.40.